The van der Waals surface area contributed by atoms with E-state index in [-0.39, 0.29) is 31.1 Å². The normalized spacial score (nSPS) is 12.6. The fraction of sp³-hybridized carbons (Fsp3) is 0.757. The first-order valence-electron chi connectivity index (χ1n) is 32.6. The molecule has 0 bridgehead atoms. The van der Waals surface area contributed by atoms with Crippen LogP contribution in [0.2, 0.25) is 0 Å². The van der Waals surface area contributed by atoms with Crippen LogP contribution in [0.1, 0.15) is 323 Å². The van der Waals surface area contributed by atoms with E-state index in [2.05, 4.69) is 106 Å². The molecular weight excluding hydrogens is 937 g/mol. The lowest BCUT2D eigenvalue weighted by atomic mass is 10.0. The fourth-order valence-corrected chi connectivity index (χ4v) is 9.27. The van der Waals surface area contributed by atoms with Gasteiger partial charge in [0.2, 0.25) is 0 Å². The Morgan fingerprint density at radius 3 is 0.829 bits per heavy atom. The Hall–Kier alpha value is -3.41. The second-order valence-corrected chi connectivity index (χ2v) is 21.6. The number of unbranched alkanes of at least 4 members (excludes halogenated alkanes) is 34. The lowest BCUT2D eigenvalue weighted by Gasteiger charge is -2.18. The highest BCUT2D eigenvalue weighted by Crippen LogP contribution is 2.17. The number of rotatable bonds is 59. The van der Waals surface area contributed by atoms with Crippen molar-refractivity contribution in [2.75, 3.05) is 13.2 Å². The molecule has 0 aromatic rings. The Kier molecular flexibility index (Phi) is 61.2. The third-order valence-electron chi connectivity index (χ3n) is 14.1. The van der Waals surface area contributed by atoms with Crippen molar-refractivity contribution in [3.8, 4) is 0 Å². The molecule has 0 fully saturated rings. The quantitative estimate of drug-likeness (QED) is 0.0261. The summed E-state index contributed by atoms with van der Waals surface area (Å²) in [6.07, 6.45) is 84.5. The predicted octanol–water partition coefficient (Wildman–Crippen LogP) is 22.3. The molecule has 0 heterocycles. The van der Waals surface area contributed by atoms with Crippen molar-refractivity contribution in [2.24, 2.45) is 0 Å². The van der Waals surface area contributed by atoms with E-state index >= 15 is 0 Å². The van der Waals surface area contributed by atoms with Gasteiger partial charge in [-0.25, -0.2) is 0 Å². The van der Waals surface area contributed by atoms with Crippen LogP contribution in [0.5, 0.6) is 0 Å². The van der Waals surface area contributed by atoms with Gasteiger partial charge >= 0.3 is 17.9 Å². The standard InChI is InChI=1S/C70H122O6/c1-4-7-10-13-16-19-22-25-27-29-31-32-33-34-35-36-37-38-40-41-43-45-48-51-54-57-60-63-69(72)75-66-67(65-74-68(71)62-59-56-53-50-47-24-21-18-15-12-9-6-3)76-70(73)64-61-58-55-52-49-46-44-42-39-30-28-26-23-20-17-14-11-8-5-2/h7,10,16-17,19-20,25-28,31-32,39,42,67H,4-6,8-9,11-15,18,21-24,29-30,33-38,40-41,43-66H2,1-3H3/b10-7-,19-16-,20-17-,27-25-,28-26-,32-31-,42-39-. The summed E-state index contributed by atoms with van der Waals surface area (Å²) in [4.78, 5) is 38.3. The molecule has 6 nitrogen and oxygen atoms in total. The molecule has 0 saturated carbocycles. The van der Waals surface area contributed by atoms with Gasteiger partial charge in [0.1, 0.15) is 13.2 Å². The minimum atomic E-state index is -0.782. The summed E-state index contributed by atoms with van der Waals surface area (Å²) in [5, 5.41) is 0. The molecule has 0 rings (SSSR count). The van der Waals surface area contributed by atoms with E-state index in [1.54, 1.807) is 0 Å². The van der Waals surface area contributed by atoms with Gasteiger partial charge in [0.25, 0.3) is 0 Å². The maximum atomic E-state index is 12.9. The van der Waals surface area contributed by atoms with Gasteiger partial charge in [0.05, 0.1) is 0 Å². The molecule has 0 saturated heterocycles. The molecular formula is C70H122O6. The lowest BCUT2D eigenvalue weighted by molar-refractivity contribution is -0.167. The van der Waals surface area contributed by atoms with Crippen molar-refractivity contribution in [3.05, 3.63) is 85.1 Å². The van der Waals surface area contributed by atoms with Crippen LogP contribution in [-0.2, 0) is 28.6 Å². The Bertz CT molecular complexity index is 1450. The van der Waals surface area contributed by atoms with E-state index in [0.717, 1.165) is 109 Å². The summed E-state index contributed by atoms with van der Waals surface area (Å²) < 4.78 is 16.9. The Morgan fingerprint density at radius 2 is 0.513 bits per heavy atom. The number of allylic oxidation sites excluding steroid dienone is 14. The van der Waals surface area contributed by atoms with Crippen LogP contribution in [0.3, 0.4) is 0 Å². The van der Waals surface area contributed by atoms with E-state index in [9.17, 15) is 14.4 Å². The molecule has 0 aromatic heterocycles. The summed E-state index contributed by atoms with van der Waals surface area (Å²) in [5.41, 5.74) is 0. The van der Waals surface area contributed by atoms with Crippen molar-refractivity contribution < 1.29 is 28.6 Å². The van der Waals surface area contributed by atoms with Crippen LogP contribution in [0.25, 0.3) is 0 Å². The number of hydrogen-bond donors (Lipinski definition) is 0. The van der Waals surface area contributed by atoms with Gasteiger partial charge < -0.3 is 14.2 Å². The van der Waals surface area contributed by atoms with Crippen molar-refractivity contribution in [2.45, 2.75) is 329 Å². The van der Waals surface area contributed by atoms with Gasteiger partial charge in [-0.15, -0.1) is 0 Å². The fourth-order valence-electron chi connectivity index (χ4n) is 9.27. The number of hydrogen-bond acceptors (Lipinski definition) is 6. The van der Waals surface area contributed by atoms with Crippen molar-refractivity contribution in [3.63, 3.8) is 0 Å². The van der Waals surface area contributed by atoms with Gasteiger partial charge in [-0.05, 0) is 96.3 Å². The molecule has 6 heteroatoms. The summed E-state index contributed by atoms with van der Waals surface area (Å²) in [7, 11) is 0. The Labute approximate surface area is 471 Å². The number of carbonyl (C=O) groups is 3. The zero-order valence-electron chi connectivity index (χ0n) is 50.3. The molecule has 0 N–H and O–H groups in total. The zero-order valence-corrected chi connectivity index (χ0v) is 50.3. The van der Waals surface area contributed by atoms with Crippen LogP contribution in [0, 0.1) is 0 Å². The van der Waals surface area contributed by atoms with Crippen LogP contribution < -0.4 is 0 Å². The van der Waals surface area contributed by atoms with Crippen molar-refractivity contribution >= 4 is 17.9 Å². The average molecular weight is 1060 g/mol. The van der Waals surface area contributed by atoms with E-state index < -0.39 is 6.10 Å². The molecule has 76 heavy (non-hydrogen) atoms. The third kappa shape index (κ3) is 61.4. The maximum Gasteiger partial charge on any atom is 0.306 e. The smallest absolute Gasteiger partial charge is 0.306 e. The first-order chi connectivity index (χ1) is 37.5. The highest BCUT2D eigenvalue weighted by atomic mass is 16.6. The summed E-state index contributed by atoms with van der Waals surface area (Å²) in [6, 6.07) is 0. The van der Waals surface area contributed by atoms with E-state index in [0.29, 0.717) is 19.3 Å². The molecule has 0 radical (unpaired) electrons. The highest BCUT2D eigenvalue weighted by Gasteiger charge is 2.19. The third-order valence-corrected chi connectivity index (χ3v) is 14.1. The van der Waals surface area contributed by atoms with E-state index in [4.69, 9.17) is 14.2 Å². The summed E-state index contributed by atoms with van der Waals surface area (Å²) >= 11 is 0. The van der Waals surface area contributed by atoms with Gasteiger partial charge in [0, 0.05) is 19.3 Å². The monoisotopic (exact) mass is 1060 g/mol. The largest absolute Gasteiger partial charge is 0.462 e. The predicted molar refractivity (Wildman–Crippen MR) is 330 cm³/mol. The van der Waals surface area contributed by atoms with Crippen LogP contribution >= 0.6 is 0 Å². The summed E-state index contributed by atoms with van der Waals surface area (Å²) in [5.74, 6) is -0.878. The van der Waals surface area contributed by atoms with Gasteiger partial charge in [0.15, 0.2) is 6.10 Å². The molecule has 1 unspecified atom stereocenters. The second-order valence-electron chi connectivity index (χ2n) is 21.6. The molecule has 0 aliphatic heterocycles. The first kappa shape index (κ1) is 72.6. The molecule has 0 aliphatic carbocycles. The first-order valence-corrected chi connectivity index (χ1v) is 32.6. The molecule has 0 spiro atoms. The highest BCUT2D eigenvalue weighted by molar-refractivity contribution is 5.71. The molecule has 0 amide bonds. The average Bonchev–Trinajstić information content (AvgIpc) is 3.42. The molecule has 0 aromatic carbocycles. The topological polar surface area (TPSA) is 78.9 Å². The van der Waals surface area contributed by atoms with Crippen molar-refractivity contribution in [1.29, 1.82) is 0 Å². The molecule has 0 aliphatic rings. The van der Waals surface area contributed by atoms with E-state index in [1.165, 1.54) is 173 Å². The van der Waals surface area contributed by atoms with Gasteiger partial charge in [-0.1, -0.05) is 292 Å². The van der Waals surface area contributed by atoms with Crippen LogP contribution in [-0.4, -0.2) is 37.2 Å². The number of ether oxygens (including phenoxy) is 3. The zero-order chi connectivity index (χ0) is 55.0. The minimum Gasteiger partial charge on any atom is -0.462 e. The number of carbonyl (C=O) groups excluding carboxylic acids is 3. The van der Waals surface area contributed by atoms with Gasteiger partial charge in [-0.3, -0.25) is 14.4 Å². The Morgan fingerprint density at radius 1 is 0.276 bits per heavy atom. The van der Waals surface area contributed by atoms with Crippen LogP contribution in [0.15, 0.2) is 85.1 Å². The lowest BCUT2D eigenvalue weighted by Crippen LogP contribution is -2.30. The summed E-state index contributed by atoms with van der Waals surface area (Å²) in [6.45, 7) is 6.52. The molecule has 1 atom stereocenters. The Balaban J connectivity index is 4.27. The minimum absolute atomic E-state index is 0.0782. The van der Waals surface area contributed by atoms with E-state index in [1.807, 2.05) is 0 Å². The number of esters is 3. The molecule has 438 valence electrons. The van der Waals surface area contributed by atoms with Crippen molar-refractivity contribution in [1.82, 2.24) is 0 Å². The SMILES string of the molecule is CC/C=C\C/C=C\C/C=C\C/C=C\CCCCCCCCCCCCCCCCC(=O)OCC(COC(=O)CCCCCCCCCCCCCC)OC(=O)CCCCCCCC/C=C\C/C=C\C/C=C\CCCCC. The maximum absolute atomic E-state index is 12.9. The second kappa shape index (κ2) is 64.1. The van der Waals surface area contributed by atoms with Crippen LogP contribution in [0.4, 0.5) is 0 Å². The van der Waals surface area contributed by atoms with Gasteiger partial charge in [-0.2, -0.15) is 0 Å².